The summed E-state index contributed by atoms with van der Waals surface area (Å²) in [6.45, 7) is 4.43. The van der Waals surface area contributed by atoms with E-state index in [9.17, 15) is 0 Å². The van der Waals surface area contributed by atoms with Crippen molar-refractivity contribution in [2.75, 3.05) is 0 Å². The molecule has 2 nitrogen and oxygen atoms in total. The fraction of sp³-hybridized carbons (Fsp3) is 0.667. The summed E-state index contributed by atoms with van der Waals surface area (Å²) in [4.78, 5) is 0. The van der Waals surface area contributed by atoms with E-state index in [2.05, 4.69) is 38.1 Å². The lowest BCUT2D eigenvalue weighted by molar-refractivity contribution is 0.122. The van der Waals surface area contributed by atoms with E-state index < -0.39 is 0 Å². The summed E-state index contributed by atoms with van der Waals surface area (Å²) in [5, 5.41) is 0. The van der Waals surface area contributed by atoms with Crippen LogP contribution in [0.1, 0.15) is 57.9 Å². The highest BCUT2D eigenvalue weighted by atomic mass is 16.5. The van der Waals surface area contributed by atoms with Gasteiger partial charge in [-0.25, -0.2) is 0 Å². The van der Waals surface area contributed by atoms with Gasteiger partial charge >= 0.3 is 0 Å². The molecule has 0 heterocycles. The maximum Gasteiger partial charge on any atom is 0.119 e. The Labute approximate surface area is 123 Å². The van der Waals surface area contributed by atoms with Crippen LogP contribution < -0.4 is 10.5 Å². The van der Waals surface area contributed by atoms with Crippen LogP contribution in [-0.2, 0) is 6.42 Å². The average Bonchev–Trinajstić information content (AvgIpc) is 2.47. The van der Waals surface area contributed by atoms with E-state index in [1.165, 1.54) is 37.7 Å². The molecule has 1 fully saturated rings. The van der Waals surface area contributed by atoms with Gasteiger partial charge in [0.05, 0.1) is 6.10 Å². The van der Waals surface area contributed by atoms with E-state index in [1.54, 1.807) is 0 Å². The van der Waals surface area contributed by atoms with E-state index in [1.807, 2.05) is 0 Å². The normalized spacial score (nSPS) is 24.4. The molecule has 2 N–H and O–H groups in total. The van der Waals surface area contributed by atoms with Crippen molar-refractivity contribution in [2.45, 2.75) is 70.9 Å². The highest BCUT2D eigenvalue weighted by Crippen LogP contribution is 2.29. The molecule has 3 unspecified atom stereocenters. The maximum atomic E-state index is 6.20. The molecule has 1 aromatic rings. The Kier molecular flexibility index (Phi) is 5.90. The molecule has 1 aliphatic rings. The Morgan fingerprint density at radius 2 is 2.15 bits per heavy atom. The summed E-state index contributed by atoms with van der Waals surface area (Å²) >= 11 is 0. The van der Waals surface area contributed by atoms with Gasteiger partial charge in [-0.3, -0.25) is 0 Å². The van der Waals surface area contributed by atoms with Gasteiger partial charge < -0.3 is 10.5 Å². The lowest BCUT2D eigenvalue weighted by Crippen LogP contribution is -2.25. The van der Waals surface area contributed by atoms with Gasteiger partial charge in [-0.15, -0.1) is 0 Å². The van der Waals surface area contributed by atoms with Crippen molar-refractivity contribution >= 4 is 0 Å². The van der Waals surface area contributed by atoms with E-state index in [4.69, 9.17) is 10.5 Å². The number of nitrogens with two attached hydrogens (primary N) is 1. The molecule has 0 bridgehead atoms. The Hall–Kier alpha value is -1.02. The Morgan fingerprint density at radius 1 is 1.30 bits per heavy atom. The predicted molar refractivity (Wildman–Crippen MR) is 85.1 cm³/mol. The van der Waals surface area contributed by atoms with Crippen molar-refractivity contribution < 1.29 is 4.74 Å². The van der Waals surface area contributed by atoms with E-state index >= 15 is 0 Å². The number of benzene rings is 1. The van der Waals surface area contributed by atoms with Gasteiger partial charge in [0.15, 0.2) is 0 Å². The Balaban J connectivity index is 1.93. The highest BCUT2D eigenvalue weighted by molar-refractivity contribution is 5.29. The lowest BCUT2D eigenvalue weighted by atomic mass is 9.85. The zero-order valence-corrected chi connectivity index (χ0v) is 13.0. The first-order chi connectivity index (χ1) is 9.71. The van der Waals surface area contributed by atoms with Gasteiger partial charge in [0.1, 0.15) is 5.75 Å². The number of ether oxygens (including phenoxy) is 1. The third kappa shape index (κ3) is 4.52. The molecule has 3 atom stereocenters. The summed E-state index contributed by atoms with van der Waals surface area (Å²) in [6.07, 6.45) is 8.76. The summed E-state index contributed by atoms with van der Waals surface area (Å²) in [7, 11) is 0. The molecule has 0 radical (unpaired) electrons. The third-order valence-electron chi connectivity index (χ3n) is 4.54. The van der Waals surface area contributed by atoms with Crippen molar-refractivity contribution in [3.63, 3.8) is 0 Å². The summed E-state index contributed by atoms with van der Waals surface area (Å²) in [6, 6.07) is 8.75. The van der Waals surface area contributed by atoms with Gasteiger partial charge in [-0.2, -0.15) is 0 Å². The van der Waals surface area contributed by atoms with Crippen LogP contribution in [0, 0.1) is 5.92 Å². The molecule has 20 heavy (non-hydrogen) atoms. The van der Waals surface area contributed by atoms with Crippen molar-refractivity contribution in [3.8, 4) is 5.75 Å². The van der Waals surface area contributed by atoms with Gasteiger partial charge in [0.25, 0.3) is 0 Å². The third-order valence-corrected chi connectivity index (χ3v) is 4.54. The quantitative estimate of drug-likeness (QED) is 0.839. The van der Waals surface area contributed by atoms with Gasteiger partial charge in [-0.05, 0) is 55.7 Å². The number of rotatable bonds is 6. The van der Waals surface area contributed by atoms with Crippen LogP contribution in [0.25, 0.3) is 0 Å². The second kappa shape index (κ2) is 7.68. The minimum Gasteiger partial charge on any atom is -0.490 e. The van der Waals surface area contributed by atoms with Crippen LogP contribution in [0.15, 0.2) is 24.3 Å². The molecule has 0 aromatic heterocycles. The molecule has 0 spiro atoms. The van der Waals surface area contributed by atoms with Crippen LogP contribution in [0.3, 0.4) is 0 Å². The summed E-state index contributed by atoms with van der Waals surface area (Å²) in [5.41, 5.74) is 7.33. The SMILES string of the molecule is CCC(N)Cc1cccc(OC2CCCC(CC)C2)c1. The first kappa shape index (κ1) is 15.4. The Bertz CT molecular complexity index is 404. The molecule has 2 rings (SSSR count). The molecule has 112 valence electrons. The van der Waals surface area contributed by atoms with E-state index in [-0.39, 0.29) is 6.04 Å². The first-order valence-corrected chi connectivity index (χ1v) is 8.22. The molecular weight excluding hydrogens is 246 g/mol. The van der Waals surface area contributed by atoms with Crippen LogP contribution in [0.2, 0.25) is 0 Å². The number of hydrogen-bond donors (Lipinski definition) is 1. The fourth-order valence-electron chi connectivity index (χ4n) is 3.10. The average molecular weight is 275 g/mol. The standard InChI is InChI=1S/C18H29NO/c1-3-14-7-5-9-17(12-14)20-18-10-6-8-15(13-18)11-16(19)4-2/h6,8,10,13-14,16-17H,3-5,7,9,11-12,19H2,1-2H3. The zero-order chi connectivity index (χ0) is 14.4. The molecule has 0 amide bonds. The van der Waals surface area contributed by atoms with Crippen LogP contribution in [0.4, 0.5) is 0 Å². The van der Waals surface area contributed by atoms with E-state index in [0.29, 0.717) is 6.10 Å². The fourth-order valence-corrected chi connectivity index (χ4v) is 3.10. The predicted octanol–water partition coefficient (Wildman–Crippen LogP) is 4.31. The molecule has 1 saturated carbocycles. The van der Waals surface area contributed by atoms with E-state index in [0.717, 1.165) is 24.5 Å². The minimum absolute atomic E-state index is 0.254. The molecule has 2 heteroatoms. The number of hydrogen-bond acceptors (Lipinski definition) is 2. The van der Waals surface area contributed by atoms with Crippen LogP contribution in [0.5, 0.6) is 5.75 Å². The van der Waals surface area contributed by atoms with Gasteiger partial charge in [-0.1, -0.05) is 38.8 Å². The molecule has 1 aliphatic carbocycles. The van der Waals surface area contributed by atoms with Crippen LogP contribution in [-0.4, -0.2) is 12.1 Å². The van der Waals surface area contributed by atoms with Crippen LogP contribution >= 0.6 is 0 Å². The summed E-state index contributed by atoms with van der Waals surface area (Å²) in [5.74, 6) is 1.87. The van der Waals surface area contributed by atoms with Gasteiger partial charge in [0.2, 0.25) is 0 Å². The monoisotopic (exact) mass is 275 g/mol. The van der Waals surface area contributed by atoms with Crippen molar-refractivity contribution in [3.05, 3.63) is 29.8 Å². The second-order valence-electron chi connectivity index (χ2n) is 6.20. The second-order valence-corrected chi connectivity index (χ2v) is 6.20. The first-order valence-electron chi connectivity index (χ1n) is 8.22. The molecule has 0 aliphatic heterocycles. The maximum absolute atomic E-state index is 6.20. The molecular formula is C18H29NO. The zero-order valence-electron chi connectivity index (χ0n) is 13.0. The largest absolute Gasteiger partial charge is 0.490 e. The summed E-state index contributed by atoms with van der Waals surface area (Å²) < 4.78 is 6.20. The minimum atomic E-state index is 0.254. The van der Waals surface area contributed by atoms with Crippen molar-refractivity contribution in [1.29, 1.82) is 0 Å². The van der Waals surface area contributed by atoms with Gasteiger partial charge in [0, 0.05) is 6.04 Å². The van der Waals surface area contributed by atoms with Crippen molar-refractivity contribution in [2.24, 2.45) is 11.7 Å². The highest BCUT2D eigenvalue weighted by Gasteiger charge is 2.22. The lowest BCUT2D eigenvalue weighted by Gasteiger charge is -2.29. The molecule has 1 aromatic carbocycles. The van der Waals surface area contributed by atoms with Crippen molar-refractivity contribution in [1.82, 2.24) is 0 Å². The molecule has 0 saturated heterocycles. The smallest absolute Gasteiger partial charge is 0.119 e. The Morgan fingerprint density at radius 3 is 2.90 bits per heavy atom. The topological polar surface area (TPSA) is 35.2 Å².